The van der Waals surface area contributed by atoms with E-state index in [0.717, 1.165) is 0 Å². The highest BCUT2D eigenvalue weighted by molar-refractivity contribution is 6.37. The third kappa shape index (κ3) is 2.03. The smallest absolute Gasteiger partial charge is 0.290 e. The van der Waals surface area contributed by atoms with Gasteiger partial charge in [-0.2, -0.15) is 4.98 Å². The molecule has 1 aromatic rings. The van der Waals surface area contributed by atoms with E-state index in [1.807, 2.05) is 0 Å². The number of carbonyl (C=O) groups excluding carboxylic acids is 2. The molecule has 0 atom stereocenters. The molecule has 0 N–H and O–H groups in total. The Hall–Kier alpha value is -1.72. The Labute approximate surface area is 86.2 Å². The van der Waals surface area contributed by atoms with Gasteiger partial charge >= 0.3 is 0 Å². The van der Waals surface area contributed by atoms with E-state index in [1.54, 1.807) is 6.92 Å². The molecule has 1 saturated heterocycles. The van der Waals surface area contributed by atoms with Gasteiger partial charge in [0.2, 0.25) is 11.7 Å². The standard InChI is InChI=1S/C9H11N3O3/c1-6-10-8(11-15-6)3-5-12-4-2-7(13)9(12)14/h2-5H2,1H3. The van der Waals surface area contributed by atoms with Crippen molar-refractivity contribution >= 4 is 11.7 Å². The maximum atomic E-state index is 11.2. The van der Waals surface area contributed by atoms with Gasteiger partial charge in [0.1, 0.15) is 0 Å². The van der Waals surface area contributed by atoms with Crippen LogP contribution in [0.1, 0.15) is 18.1 Å². The average Bonchev–Trinajstić information content (AvgIpc) is 2.74. The van der Waals surface area contributed by atoms with Gasteiger partial charge in [-0.3, -0.25) is 9.59 Å². The molecule has 80 valence electrons. The molecule has 0 radical (unpaired) electrons. The maximum absolute atomic E-state index is 11.2. The minimum Gasteiger partial charge on any atom is -0.340 e. The summed E-state index contributed by atoms with van der Waals surface area (Å²) in [5.41, 5.74) is 0. The van der Waals surface area contributed by atoms with Crippen LogP contribution in [-0.2, 0) is 16.0 Å². The molecule has 0 saturated carbocycles. The van der Waals surface area contributed by atoms with Crippen LogP contribution >= 0.6 is 0 Å². The van der Waals surface area contributed by atoms with Crippen LogP contribution in [-0.4, -0.2) is 39.8 Å². The summed E-state index contributed by atoms with van der Waals surface area (Å²) in [6.45, 7) is 2.69. The van der Waals surface area contributed by atoms with Gasteiger partial charge in [0.25, 0.3) is 5.91 Å². The van der Waals surface area contributed by atoms with Gasteiger partial charge in [-0.1, -0.05) is 5.16 Å². The lowest BCUT2D eigenvalue weighted by atomic mass is 10.3. The Morgan fingerprint density at radius 3 is 2.80 bits per heavy atom. The second kappa shape index (κ2) is 3.80. The van der Waals surface area contributed by atoms with Crippen LogP contribution < -0.4 is 0 Å². The minimum absolute atomic E-state index is 0.306. The summed E-state index contributed by atoms with van der Waals surface area (Å²) in [4.78, 5) is 27.7. The number of likely N-dealkylation sites (tertiary alicyclic amines) is 1. The van der Waals surface area contributed by atoms with Crippen molar-refractivity contribution in [1.82, 2.24) is 15.0 Å². The monoisotopic (exact) mass is 209 g/mol. The SMILES string of the molecule is Cc1nc(CCN2CCC(=O)C2=O)no1. The molecule has 0 aliphatic carbocycles. The number of amides is 1. The molecule has 2 heterocycles. The predicted molar refractivity (Wildman–Crippen MR) is 48.9 cm³/mol. The van der Waals surface area contributed by atoms with E-state index in [2.05, 4.69) is 10.1 Å². The third-order valence-electron chi connectivity index (χ3n) is 2.31. The Morgan fingerprint density at radius 2 is 2.27 bits per heavy atom. The van der Waals surface area contributed by atoms with Crippen molar-refractivity contribution in [3.63, 3.8) is 0 Å². The predicted octanol–water partition coefficient (Wildman–Crippen LogP) is -0.278. The highest BCUT2D eigenvalue weighted by Crippen LogP contribution is 2.07. The lowest BCUT2D eigenvalue weighted by Gasteiger charge is -2.11. The van der Waals surface area contributed by atoms with Crippen LogP contribution in [0.2, 0.25) is 0 Å². The molecule has 0 spiro atoms. The van der Waals surface area contributed by atoms with Gasteiger partial charge in [-0.05, 0) is 0 Å². The second-order valence-electron chi connectivity index (χ2n) is 3.45. The third-order valence-corrected chi connectivity index (χ3v) is 2.31. The fourth-order valence-corrected chi connectivity index (χ4v) is 1.51. The molecule has 0 bridgehead atoms. The Morgan fingerprint density at radius 1 is 1.47 bits per heavy atom. The van der Waals surface area contributed by atoms with Crippen molar-refractivity contribution in [3.05, 3.63) is 11.7 Å². The number of rotatable bonds is 3. The summed E-state index contributed by atoms with van der Waals surface area (Å²) in [5, 5.41) is 3.71. The lowest BCUT2D eigenvalue weighted by molar-refractivity contribution is -0.139. The summed E-state index contributed by atoms with van der Waals surface area (Å²) in [6, 6.07) is 0. The summed E-state index contributed by atoms with van der Waals surface area (Å²) < 4.78 is 4.80. The van der Waals surface area contributed by atoms with Gasteiger partial charge in [-0.25, -0.2) is 0 Å². The average molecular weight is 209 g/mol. The van der Waals surface area contributed by atoms with E-state index in [4.69, 9.17) is 4.52 Å². The number of aromatic nitrogens is 2. The number of hydrogen-bond donors (Lipinski definition) is 0. The molecule has 1 aromatic heterocycles. The number of nitrogens with zero attached hydrogens (tertiary/aromatic N) is 3. The first kappa shape index (κ1) is 9.82. The number of ketones is 1. The topological polar surface area (TPSA) is 76.3 Å². The number of hydrogen-bond acceptors (Lipinski definition) is 5. The number of Topliss-reactive ketones (excluding diaryl/α,β-unsaturated/α-hetero) is 1. The van der Waals surface area contributed by atoms with Gasteiger partial charge in [0, 0.05) is 32.9 Å². The molecule has 1 aliphatic heterocycles. The zero-order valence-corrected chi connectivity index (χ0v) is 8.39. The van der Waals surface area contributed by atoms with Crippen molar-refractivity contribution in [1.29, 1.82) is 0 Å². The van der Waals surface area contributed by atoms with E-state index in [9.17, 15) is 9.59 Å². The summed E-state index contributed by atoms with van der Waals surface area (Å²) >= 11 is 0. The molecule has 0 aromatic carbocycles. The van der Waals surface area contributed by atoms with Crippen molar-refractivity contribution in [3.8, 4) is 0 Å². The van der Waals surface area contributed by atoms with Crippen LogP contribution in [0.25, 0.3) is 0 Å². The molecular formula is C9H11N3O3. The Balaban J connectivity index is 1.89. The van der Waals surface area contributed by atoms with Crippen molar-refractivity contribution in [2.45, 2.75) is 19.8 Å². The molecule has 6 nitrogen and oxygen atoms in total. The highest BCUT2D eigenvalue weighted by Gasteiger charge is 2.28. The minimum atomic E-state index is -0.393. The second-order valence-corrected chi connectivity index (χ2v) is 3.45. The summed E-state index contributed by atoms with van der Waals surface area (Å²) in [7, 11) is 0. The van der Waals surface area contributed by atoms with Gasteiger partial charge in [-0.15, -0.1) is 0 Å². The van der Waals surface area contributed by atoms with E-state index in [0.29, 0.717) is 37.6 Å². The molecule has 0 unspecified atom stereocenters. The molecule has 1 amide bonds. The maximum Gasteiger partial charge on any atom is 0.290 e. The van der Waals surface area contributed by atoms with E-state index < -0.39 is 5.91 Å². The van der Waals surface area contributed by atoms with Crippen LogP contribution in [0.3, 0.4) is 0 Å². The summed E-state index contributed by atoms with van der Waals surface area (Å²) in [5.74, 6) is 0.378. The molecule has 2 rings (SSSR count). The number of carbonyl (C=O) groups is 2. The molecule has 15 heavy (non-hydrogen) atoms. The van der Waals surface area contributed by atoms with E-state index >= 15 is 0 Å². The van der Waals surface area contributed by atoms with Crippen molar-refractivity contribution < 1.29 is 14.1 Å². The van der Waals surface area contributed by atoms with E-state index in [1.165, 1.54) is 4.90 Å². The summed E-state index contributed by atoms with van der Waals surface area (Å²) in [6.07, 6.45) is 0.848. The van der Waals surface area contributed by atoms with Crippen LogP contribution in [0.5, 0.6) is 0 Å². The fourth-order valence-electron chi connectivity index (χ4n) is 1.51. The first-order valence-corrected chi connectivity index (χ1v) is 4.78. The lowest BCUT2D eigenvalue weighted by Crippen LogP contribution is -2.29. The van der Waals surface area contributed by atoms with E-state index in [-0.39, 0.29) is 5.78 Å². The quantitative estimate of drug-likeness (QED) is 0.640. The van der Waals surface area contributed by atoms with Crippen molar-refractivity contribution in [2.24, 2.45) is 0 Å². The normalized spacial score (nSPS) is 16.5. The molecular weight excluding hydrogens is 198 g/mol. The molecule has 1 fully saturated rings. The largest absolute Gasteiger partial charge is 0.340 e. The molecule has 1 aliphatic rings. The van der Waals surface area contributed by atoms with Gasteiger partial charge in [0.15, 0.2) is 5.82 Å². The fraction of sp³-hybridized carbons (Fsp3) is 0.556. The van der Waals surface area contributed by atoms with Gasteiger partial charge in [0.05, 0.1) is 0 Å². The zero-order chi connectivity index (χ0) is 10.8. The van der Waals surface area contributed by atoms with Gasteiger partial charge < -0.3 is 9.42 Å². The van der Waals surface area contributed by atoms with Crippen LogP contribution in [0.4, 0.5) is 0 Å². The van der Waals surface area contributed by atoms with Crippen molar-refractivity contribution in [2.75, 3.05) is 13.1 Å². The van der Waals surface area contributed by atoms with Crippen LogP contribution in [0.15, 0.2) is 4.52 Å². The first-order chi connectivity index (χ1) is 7.16. The Kier molecular flexibility index (Phi) is 2.49. The Bertz CT molecular complexity index is 399. The first-order valence-electron chi connectivity index (χ1n) is 4.78. The van der Waals surface area contributed by atoms with Crippen LogP contribution in [0, 0.1) is 6.92 Å². The number of aryl methyl sites for hydroxylation is 1. The zero-order valence-electron chi connectivity index (χ0n) is 8.39. The highest BCUT2D eigenvalue weighted by atomic mass is 16.5. The molecule has 6 heteroatoms.